The largest absolute Gasteiger partial charge is 0.388 e. The van der Waals surface area contributed by atoms with E-state index in [2.05, 4.69) is 24.1 Å². The molecule has 0 unspecified atom stereocenters. The number of allylic oxidation sites excluding steroid dienone is 3. The van der Waals surface area contributed by atoms with Gasteiger partial charge in [-0.2, -0.15) is 0 Å². The van der Waals surface area contributed by atoms with Gasteiger partial charge in [-0.1, -0.05) is 45.1 Å². The summed E-state index contributed by atoms with van der Waals surface area (Å²) in [5.41, 5.74) is -0.338. The number of hydrogen-bond donors (Lipinski definition) is 2. The van der Waals surface area contributed by atoms with Crippen molar-refractivity contribution in [2.45, 2.75) is 79.2 Å². The Labute approximate surface area is 181 Å². The highest BCUT2D eigenvalue weighted by Gasteiger charge is 2.38. The summed E-state index contributed by atoms with van der Waals surface area (Å²) in [7, 11) is 0. The van der Waals surface area contributed by atoms with Crippen LogP contribution in [0.5, 0.6) is 0 Å². The Morgan fingerprint density at radius 3 is 2.67 bits per heavy atom. The molecular weight excluding hydrogens is 378 g/mol. The summed E-state index contributed by atoms with van der Waals surface area (Å²) in [6, 6.07) is 0. The van der Waals surface area contributed by atoms with E-state index in [4.69, 9.17) is 0 Å². The van der Waals surface area contributed by atoms with Crippen molar-refractivity contribution in [1.82, 2.24) is 5.32 Å². The zero-order valence-electron chi connectivity index (χ0n) is 19.0. The highest BCUT2D eigenvalue weighted by Crippen LogP contribution is 2.38. The van der Waals surface area contributed by atoms with Crippen LogP contribution < -0.4 is 5.32 Å². The maximum Gasteiger partial charge on any atom is 0.226 e. The van der Waals surface area contributed by atoms with Gasteiger partial charge in [0, 0.05) is 37.5 Å². The maximum absolute atomic E-state index is 12.5. The Balaban J connectivity index is 2.59. The van der Waals surface area contributed by atoms with Crippen molar-refractivity contribution in [3.8, 4) is 11.8 Å². The van der Waals surface area contributed by atoms with Crippen LogP contribution in [0.15, 0.2) is 24.3 Å². The molecule has 1 rings (SSSR count). The van der Waals surface area contributed by atoms with Gasteiger partial charge in [-0.05, 0) is 38.0 Å². The number of carbonyl (C=O) groups is 3. The topological polar surface area (TPSA) is 83.5 Å². The lowest BCUT2D eigenvalue weighted by atomic mass is 9.81. The molecule has 0 heterocycles. The van der Waals surface area contributed by atoms with E-state index in [1.165, 1.54) is 6.92 Å². The van der Waals surface area contributed by atoms with Crippen molar-refractivity contribution in [2.75, 3.05) is 0 Å². The molecule has 166 valence electrons. The third-order valence-electron chi connectivity index (χ3n) is 5.74. The average Bonchev–Trinajstić information content (AvgIpc) is 2.92. The number of nitrogens with one attached hydrogen (secondary N) is 1. The van der Waals surface area contributed by atoms with Crippen LogP contribution >= 0.6 is 0 Å². The Hall–Kier alpha value is -2.19. The van der Waals surface area contributed by atoms with Crippen LogP contribution in [0.3, 0.4) is 0 Å². The number of aliphatic hydroxyl groups excluding tert-OH is 1. The molecule has 1 aliphatic carbocycles. The lowest BCUT2D eigenvalue weighted by Crippen LogP contribution is -2.27. The molecule has 5 nitrogen and oxygen atoms in total. The number of unbranched alkanes of at least 4 members (excludes halogenated alkanes) is 1. The maximum atomic E-state index is 12.5. The number of aliphatic hydroxyl groups is 1. The van der Waals surface area contributed by atoms with Gasteiger partial charge in [0.2, 0.25) is 11.8 Å². The van der Waals surface area contributed by atoms with E-state index in [-0.39, 0.29) is 40.8 Å². The number of imide groups is 1. The monoisotopic (exact) mass is 415 g/mol. The van der Waals surface area contributed by atoms with Gasteiger partial charge < -0.3 is 5.11 Å². The predicted molar refractivity (Wildman–Crippen MR) is 119 cm³/mol. The summed E-state index contributed by atoms with van der Waals surface area (Å²) in [5, 5.41) is 12.8. The van der Waals surface area contributed by atoms with Gasteiger partial charge in [0.15, 0.2) is 0 Å². The van der Waals surface area contributed by atoms with E-state index < -0.39 is 6.10 Å². The molecular formula is C25H37NO4. The minimum atomic E-state index is -0.612. The Bertz CT molecular complexity index is 723. The molecule has 2 N–H and O–H groups in total. The molecule has 0 spiro atoms. The van der Waals surface area contributed by atoms with Gasteiger partial charge in [-0.25, -0.2) is 0 Å². The Morgan fingerprint density at radius 1 is 1.33 bits per heavy atom. The van der Waals surface area contributed by atoms with E-state index in [1.54, 1.807) is 6.92 Å². The second kappa shape index (κ2) is 12.5. The summed E-state index contributed by atoms with van der Waals surface area (Å²) >= 11 is 0. The minimum Gasteiger partial charge on any atom is -0.388 e. The highest BCUT2D eigenvalue weighted by molar-refractivity contribution is 5.93. The molecule has 0 aromatic heterocycles. The highest BCUT2D eigenvalue weighted by atomic mass is 16.3. The zero-order chi connectivity index (χ0) is 22.7. The van der Waals surface area contributed by atoms with E-state index in [0.717, 1.165) is 6.42 Å². The molecule has 0 saturated heterocycles. The molecule has 0 bridgehead atoms. The van der Waals surface area contributed by atoms with Crippen molar-refractivity contribution in [3.63, 3.8) is 0 Å². The van der Waals surface area contributed by atoms with Gasteiger partial charge in [0.1, 0.15) is 5.78 Å². The van der Waals surface area contributed by atoms with Gasteiger partial charge >= 0.3 is 0 Å². The fourth-order valence-corrected chi connectivity index (χ4v) is 3.74. The normalized spacial score (nSPS) is 22.9. The number of ketones is 1. The minimum absolute atomic E-state index is 0.0701. The smallest absolute Gasteiger partial charge is 0.226 e. The first kappa shape index (κ1) is 25.8. The summed E-state index contributed by atoms with van der Waals surface area (Å²) in [5.74, 6) is 5.89. The molecule has 1 fully saturated rings. The van der Waals surface area contributed by atoms with Crippen LogP contribution in [-0.4, -0.2) is 28.8 Å². The number of Topliss-reactive ketones (excluding diaryl/α,β-unsaturated/α-hetero) is 1. The molecule has 1 aliphatic rings. The van der Waals surface area contributed by atoms with Gasteiger partial charge in [-0.3, -0.25) is 19.7 Å². The summed E-state index contributed by atoms with van der Waals surface area (Å²) < 4.78 is 0. The van der Waals surface area contributed by atoms with Crippen LogP contribution in [0, 0.1) is 35.0 Å². The molecule has 0 aromatic carbocycles. The molecule has 4 atom stereocenters. The fourth-order valence-electron chi connectivity index (χ4n) is 3.74. The zero-order valence-corrected chi connectivity index (χ0v) is 19.0. The first-order chi connectivity index (χ1) is 14.1. The molecule has 0 aromatic rings. The third-order valence-corrected chi connectivity index (χ3v) is 5.74. The standard InChI is InChI=1S/C25H37NO4/c1-6-7-16-25(4,5)23(29)15-14-20-18(2)17-22(28)21(20)12-10-8-9-11-13-24(30)26-19(3)27/h8,10,14-15,18,20-21,23,29H,9,11-13,16-17H2,1-5H3,(H,26,27,30)/t18-,20+,21-,23-/m1/s1. The molecule has 0 aliphatic heterocycles. The molecule has 1 saturated carbocycles. The fraction of sp³-hybridized carbons (Fsp3) is 0.640. The number of carbonyl (C=O) groups excluding carboxylic acids is 3. The second-order valence-corrected chi connectivity index (χ2v) is 8.96. The predicted octanol–water partition coefficient (Wildman–Crippen LogP) is 3.96. The van der Waals surface area contributed by atoms with Crippen LogP contribution in [0.1, 0.15) is 73.1 Å². The number of rotatable bonds is 10. The Morgan fingerprint density at radius 2 is 2.03 bits per heavy atom. The van der Waals surface area contributed by atoms with E-state index in [9.17, 15) is 19.5 Å². The molecule has 2 amide bonds. The third kappa shape index (κ3) is 8.67. The van der Waals surface area contributed by atoms with Gasteiger partial charge in [-0.15, -0.1) is 11.8 Å². The van der Waals surface area contributed by atoms with Crippen LogP contribution in [-0.2, 0) is 14.4 Å². The lowest BCUT2D eigenvalue weighted by Gasteiger charge is -2.27. The first-order valence-electron chi connectivity index (χ1n) is 10.8. The summed E-state index contributed by atoms with van der Waals surface area (Å²) in [6.45, 7) is 9.19. The van der Waals surface area contributed by atoms with E-state index in [0.29, 0.717) is 32.1 Å². The Kier molecular flexibility index (Phi) is 10.8. The van der Waals surface area contributed by atoms with Gasteiger partial charge in [0.25, 0.3) is 0 Å². The van der Waals surface area contributed by atoms with Crippen molar-refractivity contribution in [1.29, 1.82) is 0 Å². The van der Waals surface area contributed by atoms with Crippen molar-refractivity contribution in [2.24, 2.45) is 23.2 Å². The van der Waals surface area contributed by atoms with Crippen LogP contribution in [0.25, 0.3) is 0 Å². The number of amides is 2. The molecule has 30 heavy (non-hydrogen) atoms. The van der Waals surface area contributed by atoms with E-state index in [1.807, 2.05) is 38.2 Å². The lowest BCUT2D eigenvalue weighted by molar-refractivity contribution is -0.129. The van der Waals surface area contributed by atoms with Crippen LogP contribution in [0.4, 0.5) is 0 Å². The average molecular weight is 416 g/mol. The quantitative estimate of drug-likeness (QED) is 0.321. The van der Waals surface area contributed by atoms with Crippen molar-refractivity contribution < 1.29 is 19.5 Å². The molecule has 5 heteroatoms. The van der Waals surface area contributed by atoms with E-state index >= 15 is 0 Å². The SMILES string of the molecule is CC#CCC(C)(C)[C@H](O)C=C[C@H]1[C@H](C)CC(=O)[C@@H]1CC=CCCCC(=O)NC(C)=O. The van der Waals surface area contributed by atoms with Crippen LogP contribution in [0.2, 0.25) is 0 Å². The van der Waals surface area contributed by atoms with Crippen molar-refractivity contribution >= 4 is 17.6 Å². The van der Waals surface area contributed by atoms with Crippen molar-refractivity contribution in [3.05, 3.63) is 24.3 Å². The van der Waals surface area contributed by atoms with Gasteiger partial charge in [0.05, 0.1) is 6.10 Å². The molecule has 0 radical (unpaired) electrons. The first-order valence-corrected chi connectivity index (χ1v) is 10.8. The second-order valence-electron chi connectivity index (χ2n) is 8.96. The summed E-state index contributed by atoms with van der Waals surface area (Å²) in [6.07, 6.45) is 10.8. The number of hydrogen-bond acceptors (Lipinski definition) is 4. The summed E-state index contributed by atoms with van der Waals surface area (Å²) in [4.78, 5) is 34.7.